The van der Waals surface area contributed by atoms with Gasteiger partial charge < -0.3 is 30.3 Å². The fraction of sp³-hybridized carbons (Fsp3) is 0.182. The molecule has 0 bridgehead atoms. The van der Waals surface area contributed by atoms with Crippen molar-refractivity contribution in [2.75, 3.05) is 0 Å². The number of hydrogen-bond acceptors (Lipinski definition) is 6. The van der Waals surface area contributed by atoms with Gasteiger partial charge in [0.25, 0.3) is 0 Å². The van der Waals surface area contributed by atoms with E-state index in [4.69, 9.17) is 4.74 Å². The SMILES string of the molecule is CC1Cc2cc(O)c(O)cc2OC1(c1ccccc1)c1cc(O)c(O)cc1O. The lowest BCUT2D eigenvalue weighted by Crippen LogP contribution is -2.44. The summed E-state index contributed by atoms with van der Waals surface area (Å²) >= 11 is 0. The number of aromatic hydroxyl groups is 5. The molecule has 0 aromatic heterocycles. The first-order chi connectivity index (χ1) is 13.3. The summed E-state index contributed by atoms with van der Waals surface area (Å²) < 4.78 is 6.39. The van der Waals surface area contributed by atoms with Crippen LogP contribution in [0.1, 0.15) is 23.6 Å². The number of ether oxygens (including phenoxy) is 1. The number of hydrogen-bond donors (Lipinski definition) is 5. The summed E-state index contributed by atoms with van der Waals surface area (Å²) in [5.41, 5.74) is 0.560. The van der Waals surface area contributed by atoms with Crippen LogP contribution in [0.15, 0.2) is 54.6 Å². The maximum absolute atomic E-state index is 10.6. The topological polar surface area (TPSA) is 110 Å². The van der Waals surface area contributed by atoms with Crippen LogP contribution in [0.2, 0.25) is 0 Å². The van der Waals surface area contributed by atoms with E-state index < -0.39 is 11.4 Å². The minimum absolute atomic E-state index is 0.221. The molecule has 0 spiro atoms. The zero-order chi connectivity index (χ0) is 20.1. The molecular formula is C22H20O6. The highest BCUT2D eigenvalue weighted by Gasteiger charge is 2.48. The highest BCUT2D eigenvalue weighted by atomic mass is 16.5. The molecular weight excluding hydrogens is 360 g/mol. The predicted molar refractivity (Wildman–Crippen MR) is 102 cm³/mol. The van der Waals surface area contributed by atoms with Gasteiger partial charge in [0.1, 0.15) is 11.5 Å². The van der Waals surface area contributed by atoms with Crippen LogP contribution in [0.25, 0.3) is 0 Å². The Morgan fingerprint density at radius 3 is 2.11 bits per heavy atom. The van der Waals surface area contributed by atoms with E-state index in [0.717, 1.165) is 17.2 Å². The minimum atomic E-state index is -1.19. The van der Waals surface area contributed by atoms with Gasteiger partial charge in [-0.15, -0.1) is 0 Å². The standard InChI is InChI=1S/C22H20O6/c1-12-7-13-8-17(24)20(27)11-21(13)28-22(12,14-5-3-2-4-6-14)15-9-18(25)19(26)10-16(15)23/h2-6,8-12,23-27H,7H2,1H3. The first-order valence-electron chi connectivity index (χ1n) is 8.87. The van der Waals surface area contributed by atoms with Gasteiger partial charge in [0.15, 0.2) is 28.6 Å². The second-order valence-corrected chi connectivity index (χ2v) is 7.12. The van der Waals surface area contributed by atoms with Gasteiger partial charge in [-0.25, -0.2) is 0 Å². The fourth-order valence-electron chi connectivity index (χ4n) is 3.97. The predicted octanol–water partition coefficient (Wildman–Crippen LogP) is 3.73. The zero-order valence-electron chi connectivity index (χ0n) is 15.1. The van der Waals surface area contributed by atoms with Crippen LogP contribution in [0, 0.1) is 5.92 Å². The van der Waals surface area contributed by atoms with Crippen LogP contribution in [-0.4, -0.2) is 25.5 Å². The van der Waals surface area contributed by atoms with Crippen LogP contribution in [0.4, 0.5) is 0 Å². The van der Waals surface area contributed by atoms with Gasteiger partial charge >= 0.3 is 0 Å². The summed E-state index contributed by atoms with van der Waals surface area (Å²) in [6.07, 6.45) is 0.485. The van der Waals surface area contributed by atoms with E-state index in [2.05, 4.69) is 0 Å². The lowest BCUT2D eigenvalue weighted by Gasteiger charge is -2.44. The molecule has 0 amide bonds. The Hall–Kier alpha value is -3.54. The molecule has 144 valence electrons. The van der Waals surface area contributed by atoms with E-state index >= 15 is 0 Å². The van der Waals surface area contributed by atoms with Crippen LogP contribution in [0.3, 0.4) is 0 Å². The van der Waals surface area contributed by atoms with Crippen LogP contribution >= 0.6 is 0 Å². The molecule has 5 N–H and O–H groups in total. The molecule has 1 aliphatic heterocycles. The average Bonchev–Trinajstić information content (AvgIpc) is 2.67. The number of phenolic OH excluding ortho intramolecular Hbond substituents is 5. The maximum Gasteiger partial charge on any atom is 0.166 e. The molecule has 0 radical (unpaired) electrons. The number of fused-ring (bicyclic) bond motifs is 1. The third kappa shape index (κ3) is 2.57. The molecule has 1 heterocycles. The van der Waals surface area contributed by atoms with Crippen molar-refractivity contribution in [2.45, 2.75) is 18.9 Å². The van der Waals surface area contributed by atoms with Gasteiger partial charge in [-0.2, -0.15) is 0 Å². The van der Waals surface area contributed by atoms with Crippen molar-refractivity contribution >= 4 is 0 Å². The van der Waals surface area contributed by atoms with Gasteiger partial charge in [0.05, 0.1) is 0 Å². The molecule has 28 heavy (non-hydrogen) atoms. The second kappa shape index (κ2) is 6.27. The van der Waals surface area contributed by atoms with E-state index in [-0.39, 0.29) is 28.9 Å². The van der Waals surface area contributed by atoms with Crippen molar-refractivity contribution < 1.29 is 30.3 Å². The second-order valence-electron chi connectivity index (χ2n) is 7.12. The number of benzene rings is 3. The minimum Gasteiger partial charge on any atom is -0.507 e. The highest BCUT2D eigenvalue weighted by molar-refractivity contribution is 5.57. The van der Waals surface area contributed by atoms with Gasteiger partial charge in [0.2, 0.25) is 0 Å². The van der Waals surface area contributed by atoms with Gasteiger partial charge in [-0.1, -0.05) is 37.3 Å². The summed E-state index contributed by atoms with van der Waals surface area (Å²) in [4.78, 5) is 0. The van der Waals surface area contributed by atoms with Gasteiger partial charge in [0, 0.05) is 29.2 Å². The Bertz CT molecular complexity index is 1050. The summed E-state index contributed by atoms with van der Waals surface area (Å²) in [7, 11) is 0. The van der Waals surface area contributed by atoms with E-state index in [1.165, 1.54) is 18.2 Å². The maximum atomic E-state index is 10.6. The smallest absolute Gasteiger partial charge is 0.166 e. The molecule has 0 saturated carbocycles. The highest BCUT2D eigenvalue weighted by Crippen LogP contribution is 2.52. The first kappa shape index (κ1) is 17.9. The van der Waals surface area contributed by atoms with E-state index in [0.29, 0.717) is 17.7 Å². The molecule has 0 saturated heterocycles. The van der Waals surface area contributed by atoms with Gasteiger partial charge in [-0.05, 0) is 24.1 Å². The third-order valence-corrected chi connectivity index (χ3v) is 5.34. The summed E-state index contributed by atoms with van der Waals surface area (Å²) in [6, 6.07) is 14.4. The quantitative estimate of drug-likeness (QED) is 0.342. The van der Waals surface area contributed by atoms with E-state index in [1.54, 1.807) is 0 Å². The summed E-state index contributed by atoms with van der Waals surface area (Å²) in [6.45, 7) is 1.93. The molecule has 6 heteroatoms. The molecule has 3 aromatic carbocycles. The lowest BCUT2D eigenvalue weighted by molar-refractivity contribution is 0.0319. The van der Waals surface area contributed by atoms with E-state index in [9.17, 15) is 25.5 Å². The third-order valence-electron chi connectivity index (χ3n) is 5.34. The zero-order valence-corrected chi connectivity index (χ0v) is 15.1. The number of phenols is 5. The Morgan fingerprint density at radius 1 is 0.786 bits per heavy atom. The lowest BCUT2D eigenvalue weighted by atomic mass is 9.72. The van der Waals surface area contributed by atoms with E-state index in [1.807, 2.05) is 37.3 Å². The molecule has 6 nitrogen and oxygen atoms in total. The Morgan fingerprint density at radius 2 is 1.39 bits per heavy atom. The van der Waals surface area contributed by atoms with Gasteiger partial charge in [-0.3, -0.25) is 0 Å². The Labute approximate surface area is 161 Å². The summed E-state index contributed by atoms with van der Waals surface area (Å²) in [5.74, 6) is -1.43. The monoisotopic (exact) mass is 380 g/mol. The average molecular weight is 380 g/mol. The normalized spacial score (nSPS) is 21.0. The van der Waals surface area contributed by atoms with Crippen LogP contribution in [0.5, 0.6) is 34.5 Å². The summed E-state index contributed by atoms with van der Waals surface area (Å²) in [5, 5.41) is 50.2. The van der Waals surface area contributed by atoms with Crippen molar-refractivity contribution in [1.29, 1.82) is 0 Å². The van der Waals surface area contributed by atoms with Crippen LogP contribution in [-0.2, 0) is 12.0 Å². The molecule has 3 aromatic rings. The largest absolute Gasteiger partial charge is 0.507 e. The Balaban J connectivity index is 2.00. The Kier molecular flexibility index (Phi) is 4.00. The van der Waals surface area contributed by atoms with Crippen molar-refractivity contribution in [3.63, 3.8) is 0 Å². The first-order valence-corrected chi connectivity index (χ1v) is 8.87. The van der Waals surface area contributed by atoms with Crippen molar-refractivity contribution in [2.24, 2.45) is 5.92 Å². The molecule has 4 rings (SSSR count). The molecule has 2 atom stereocenters. The molecule has 2 unspecified atom stereocenters. The van der Waals surface area contributed by atoms with Crippen molar-refractivity contribution in [1.82, 2.24) is 0 Å². The molecule has 0 aliphatic carbocycles. The van der Waals surface area contributed by atoms with Crippen molar-refractivity contribution in [3.8, 4) is 34.5 Å². The number of rotatable bonds is 2. The molecule has 0 fully saturated rings. The van der Waals surface area contributed by atoms with Crippen molar-refractivity contribution in [3.05, 3.63) is 71.3 Å². The van der Waals surface area contributed by atoms with Crippen LogP contribution < -0.4 is 4.74 Å². The fourth-order valence-corrected chi connectivity index (χ4v) is 3.97. The molecule has 1 aliphatic rings.